The molecule has 1 saturated heterocycles. The number of ether oxygens (including phenoxy) is 1. The fourth-order valence-corrected chi connectivity index (χ4v) is 4.11. The molecule has 1 atom stereocenters. The van der Waals surface area contributed by atoms with Gasteiger partial charge in [-0.1, -0.05) is 6.92 Å². The number of hydrogen-bond donors (Lipinski definition) is 0. The molecule has 1 aliphatic heterocycles. The average molecular weight is 301 g/mol. The van der Waals surface area contributed by atoms with E-state index in [4.69, 9.17) is 0 Å². The first-order valence-electron chi connectivity index (χ1n) is 6.48. The molecule has 20 heavy (non-hydrogen) atoms. The number of carbonyl (C=O) groups excluding carboxylic acids is 1. The summed E-state index contributed by atoms with van der Waals surface area (Å²) in [6.45, 7) is 2.94. The lowest BCUT2D eigenvalue weighted by Gasteiger charge is -2.29. The van der Waals surface area contributed by atoms with Gasteiger partial charge in [0.15, 0.2) is 0 Å². The molecule has 0 aliphatic carbocycles. The topological polar surface area (TPSA) is 81.5 Å². The molecule has 2 heterocycles. The van der Waals surface area contributed by atoms with Crippen molar-refractivity contribution >= 4 is 16.0 Å². The second-order valence-electron chi connectivity index (χ2n) is 5.12. The Morgan fingerprint density at radius 2 is 2.20 bits per heavy atom. The Balaban J connectivity index is 2.41. The summed E-state index contributed by atoms with van der Waals surface area (Å²) in [4.78, 5) is 11.7. The van der Waals surface area contributed by atoms with Crippen LogP contribution in [0.1, 0.15) is 30.1 Å². The van der Waals surface area contributed by atoms with Crippen LogP contribution in [0.5, 0.6) is 0 Å². The molecule has 0 saturated carbocycles. The SMILES string of the molecule is COC(=O)c1cn(C)nc1S(=O)(=O)N1CCC[C@@H](C)C1. The number of methoxy groups -OCH3 is 1. The molecule has 1 aromatic rings. The van der Waals surface area contributed by atoms with Crippen LogP contribution >= 0.6 is 0 Å². The van der Waals surface area contributed by atoms with Crippen molar-refractivity contribution in [1.29, 1.82) is 0 Å². The van der Waals surface area contributed by atoms with Gasteiger partial charge in [0, 0.05) is 26.3 Å². The molecular formula is C12H19N3O4S. The van der Waals surface area contributed by atoms with Crippen LogP contribution in [0.15, 0.2) is 11.2 Å². The molecule has 1 aromatic heterocycles. The number of rotatable bonds is 3. The smallest absolute Gasteiger partial charge is 0.342 e. The number of aromatic nitrogens is 2. The van der Waals surface area contributed by atoms with E-state index in [1.807, 2.05) is 6.92 Å². The minimum atomic E-state index is -3.76. The number of aryl methyl sites for hydroxylation is 1. The van der Waals surface area contributed by atoms with E-state index < -0.39 is 16.0 Å². The Morgan fingerprint density at radius 3 is 2.80 bits per heavy atom. The van der Waals surface area contributed by atoms with Crippen molar-refractivity contribution in [2.75, 3.05) is 20.2 Å². The molecule has 1 fully saturated rings. The summed E-state index contributed by atoms with van der Waals surface area (Å²) < 4.78 is 32.6. The number of sulfonamides is 1. The van der Waals surface area contributed by atoms with Gasteiger partial charge in [0.05, 0.1) is 7.11 Å². The normalized spacial score (nSPS) is 20.9. The number of hydrogen-bond acceptors (Lipinski definition) is 5. The molecule has 0 radical (unpaired) electrons. The number of esters is 1. The molecule has 112 valence electrons. The molecule has 2 rings (SSSR count). The van der Waals surface area contributed by atoms with Crippen molar-refractivity contribution in [3.05, 3.63) is 11.8 Å². The van der Waals surface area contributed by atoms with Crippen LogP contribution in [0.25, 0.3) is 0 Å². The third-order valence-corrected chi connectivity index (χ3v) is 5.21. The summed E-state index contributed by atoms with van der Waals surface area (Å²) in [6.07, 6.45) is 3.20. The van der Waals surface area contributed by atoms with Crippen LogP contribution in [0.4, 0.5) is 0 Å². The van der Waals surface area contributed by atoms with Crippen LogP contribution in [-0.2, 0) is 21.8 Å². The maximum absolute atomic E-state index is 12.6. The predicted octanol–water partition coefficient (Wildman–Crippen LogP) is 0.627. The Bertz CT molecular complexity index is 608. The van der Waals surface area contributed by atoms with Crippen molar-refractivity contribution in [3.63, 3.8) is 0 Å². The molecule has 8 heteroatoms. The molecule has 0 aromatic carbocycles. The van der Waals surface area contributed by atoms with E-state index in [9.17, 15) is 13.2 Å². The van der Waals surface area contributed by atoms with Crippen LogP contribution in [0, 0.1) is 5.92 Å². The van der Waals surface area contributed by atoms with Crippen LogP contribution in [-0.4, -0.2) is 48.7 Å². The van der Waals surface area contributed by atoms with Gasteiger partial charge in [-0.05, 0) is 18.8 Å². The van der Waals surface area contributed by atoms with Gasteiger partial charge < -0.3 is 4.74 Å². The van der Waals surface area contributed by atoms with Crippen molar-refractivity contribution in [2.45, 2.75) is 24.8 Å². The van der Waals surface area contributed by atoms with Gasteiger partial charge >= 0.3 is 5.97 Å². The summed E-state index contributed by atoms with van der Waals surface area (Å²) in [6, 6.07) is 0. The van der Waals surface area contributed by atoms with E-state index in [2.05, 4.69) is 9.84 Å². The quantitative estimate of drug-likeness (QED) is 0.765. The van der Waals surface area contributed by atoms with E-state index >= 15 is 0 Å². The lowest BCUT2D eigenvalue weighted by Crippen LogP contribution is -2.39. The molecule has 7 nitrogen and oxygen atoms in total. The van der Waals surface area contributed by atoms with Crippen LogP contribution in [0.3, 0.4) is 0 Å². The average Bonchev–Trinajstić information content (AvgIpc) is 2.80. The maximum Gasteiger partial charge on any atom is 0.342 e. The molecule has 0 N–H and O–H groups in total. The van der Waals surface area contributed by atoms with Crippen LogP contribution in [0.2, 0.25) is 0 Å². The van der Waals surface area contributed by atoms with Gasteiger partial charge in [-0.3, -0.25) is 4.68 Å². The maximum atomic E-state index is 12.6. The van der Waals surface area contributed by atoms with Gasteiger partial charge in [-0.2, -0.15) is 9.40 Å². The van der Waals surface area contributed by atoms with Gasteiger partial charge in [0.2, 0.25) is 5.03 Å². The third kappa shape index (κ3) is 2.71. The minimum Gasteiger partial charge on any atom is -0.465 e. The van der Waals surface area contributed by atoms with E-state index in [-0.39, 0.29) is 10.6 Å². The minimum absolute atomic E-state index is 0.0202. The zero-order valence-corrected chi connectivity index (χ0v) is 12.7. The highest BCUT2D eigenvalue weighted by molar-refractivity contribution is 7.89. The van der Waals surface area contributed by atoms with Gasteiger partial charge in [-0.15, -0.1) is 0 Å². The van der Waals surface area contributed by atoms with E-state index in [0.717, 1.165) is 12.8 Å². The zero-order valence-electron chi connectivity index (χ0n) is 11.9. The van der Waals surface area contributed by atoms with Crippen molar-refractivity contribution < 1.29 is 17.9 Å². The summed E-state index contributed by atoms with van der Waals surface area (Å²) in [5, 5.41) is 3.72. The zero-order chi connectivity index (χ0) is 14.9. The molecule has 0 spiro atoms. The van der Waals surface area contributed by atoms with Crippen molar-refractivity contribution in [3.8, 4) is 0 Å². The lowest BCUT2D eigenvalue weighted by atomic mass is 10.0. The molecule has 0 bridgehead atoms. The monoisotopic (exact) mass is 301 g/mol. The number of carbonyl (C=O) groups is 1. The Hall–Kier alpha value is -1.41. The second kappa shape index (κ2) is 5.53. The highest BCUT2D eigenvalue weighted by atomic mass is 32.2. The molecule has 0 unspecified atom stereocenters. The highest BCUT2D eigenvalue weighted by Gasteiger charge is 2.34. The number of nitrogens with zero attached hydrogens (tertiary/aromatic N) is 3. The first-order valence-corrected chi connectivity index (χ1v) is 7.92. The van der Waals surface area contributed by atoms with Crippen molar-refractivity contribution in [2.24, 2.45) is 13.0 Å². The Kier molecular flexibility index (Phi) is 4.14. The highest BCUT2D eigenvalue weighted by Crippen LogP contribution is 2.24. The summed E-state index contributed by atoms with van der Waals surface area (Å²) in [7, 11) is -0.969. The first kappa shape index (κ1) is 15.0. The molecule has 1 aliphatic rings. The summed E-state index contributed by atoms with van der Waals surface area (Å²) in [5.74, 6) is -0.384. The lowest BCUT2D eigenvalue weighted by molar-refractivity contribution is 0.0596. The fourth-order valence-electron chi connectivity index (χ4n) is 2.40. The first-order chi connectivity index (χ1) is 9.36. The number of piperidine rings is 1. The third-order valence-electron chi connectivity index (χ3n) is 3.40. The van der Waals surface area contributed by atoms with Gasteiger partial charge in [0.25, 0.3) is 10.0 Å². The Labute approximate surface area is 118 Å². The summed E-state index contributed by atoms with van der Waals surface area (Å²) >= 11 is 0. The van der Waals surface area contributed by atoms with Gasteiger partial charge in [-0.25, -0.2) is 13.2 Å². The summed E-state index contributed by atoms with van der Waals surface area (Å²) in [5.41, 5.74) is -0.0202. The molecule has 0 amide bonds. The van der Waals surface area contributed by atoms with Crippen molar-refractivity contribution in [1.82, 2.24) is 14.1 Å². The van der Waals surface area contributed by atoms with Gasteiger partial charge in [0.1, 0.15) is 5.56 Å². The van der Waals surface area contributed by atoms with E-state index in [1.165, 1.54) is 22.3 Å². The van der Waals surface area contributed by atoms with E-state index in [0.29, 0.717) is 19.0 Å². The van der Waals surface area contributed by atoms with Crippen LogP contribution < -0.4 is 0 Å². The predicted molar refractivity (Wildman–Crippen MR) is 71.7 cm³/mol. The Morgan fingerprint density at radius 1 is 1.50 bits per heavy atom. The van der Waals surface area contributed by atoms with E-state index in [1.54, 1.807) is 7.05 Å². The fraction of sp³-hybridized carbons (Fsp3) is 0.667. The molecular weight excluding hydrogens is 282 g/mol. The second-order valence-corrected chi connectivity index (χ2v) is 6.98. The largest absolute Gasteiger partial charge is 0.465 e. The standard InChI is InChI=1S/C12H19N3O4S/c1-9-5-4-6-15(7-9)20(17,18)11-10(12(16)19-3)8-14(2)13-11/h8-9H,4-7H2,1-3H3/t9-/m1/s1.